The molecule has 2 aliphatic rings. The minimum atomic E-state index is -4.59. The van der Waals surface area contributed by atoms with Crippen LogP contribution in [0.1, 0.15) is 35.1 Å². The molecule has 2 aromatic rings. The van der Waals surface area contributed by atoms with Crippen LogP contribution in [0.25, 0.3) is 0 Å². The Balaban J connectivity index is 1.46. The molecule has 2 fully saturated rings. The number of aryl methyl sites for hydroxylation is 1. The Morgan fingerprint density at radius 1 is 1.21 bits per heavy atom. The number of aliphatic hydroxyl groups is 1. The zero-order chi connectivity index (χ0) is 24.5. The summed E-state index contributed by atoms with van der Waals surface area (Å²) in [5.41, 5.74) is 0.944. The SMILES string of the molecule is Cc1ccccc1CC(=O)N1CC(CO)C2(CCN(c3ccc(C#N)c(C(F)(F)F)c3)CC2)C1. The maximum atomic E-state index is 13.4. The molecule has 2 aliphatic heterocycles. The van der Waals surface area contributed by atoms with Crippen molar-refractivity contribution in [2.75, 3.05) is 37.7 Å². The van der Waals surface area contributed by atoms with Gasteiger partial charge in [-0.2, -0.15) is 18.4 Å². The lowest BCUT2D eigenvalue weighted by molar-refractivity contribution is -0.137. The van der Waals surface area contributed by atoms with Crippen molar-refractivity contribution in [2.45, 2.75) is 32.4 Å². The Labute approximate surface area is 197 Å². The number of rotatable bonds is 4. The summed E-state index contributed by atoms with van der Waals surface area (Å²) >= 11 is 0. The van der Waals surface area contributed by atoms with Gasteiger partial charge in [-0.15, -0.1) is 0 Å². The number of carbonyl (C=O) groups is 1. The molecule has 2 saturated heterocycles. The second-order valence-electron chi connectivity index (χ2n) is 9.45. The second kappa shape index (κ2) is 9.30. The predicted octanol–water partition coefficient (Wildman–Crippen LogP) is 4.17. The number of halogens is 3. The average molecular weight is 472 g/mol. The van der Waals surface area contributed by atoms with Gasteiger partial charge in [0.2, 0.25) is 5.91 Å². The Bertz CT molecular complexity index is 1100. The molecule has 0 saturated carbocycles. The number of nitrogens with zero attached hydrogens (tertiary/aromatic N) is 3. The molecule has 2 heterocycles. The fourth-order valence-corrected chi connectivity index (χ4v) is 5.40. The first-order valence-electron chi connectivity index (χ1n) is 11.5. The summed E-state index contributed by atoms with van der Waals surface area (Å²) < 4.78 is 40.2. The second-order valence-corrected chi connectivity index (χ2v) is 9.45. The van der Waals surface area contributed by atoms with E-state index in [-0.39, 0.29) is 29.4 Å². The van der Waals surface area contributed by atoms with Crippen LogP contribution in [0.15, 0.2) is 42.5 Å². The van der Waals surface area contributed by atoms with Crippen LogP contribution < -0.4 is 4.90 Å². The van der Waals surface area contributed by atoms with Gasteiger partial charge in [-0.1, -0.05) is 24.3 Å². The fraction of sp³-hybridized carbons (Fsp3) is 0.462. The van der Waals surface area contributed by atoms with Crippen molar-refractivity contribution in [1.29, 1.82) is 5.26 Å². The van der Waals surface area contributed by atoms with Crippen molar-refractivity contribution in [2.24, 2.45) is 11.3 Å². The third-order valence-corrected chi connectivity index (χ3v) is 7.54. The van der Waals surface area contributed by atoms with E-state index in [2.05, 4.69) is 0 Å². The first-order valence-corrected chi connectivity index (χ1v) is 11.5. The zero-order valence-electron chi connectivity index (χ0n) is 19.1. The largest absolute Gasteiger partial charge is 0.417 e. The molecule has 1 amide bonds. The predicted molar refractivity (Wildman–Crippen MR) is 122 cm³/mol. The van der Waals surface area contributed by atoms with Crippen molar-refractivity contribution in [3.63, 3.8) is 0 Å². The standard InChI is InChI=1S/C26H28F3N3O2/c1-18-4-2-3-5-19(18)12-24(34)32-15-21(16-33)25(17-32)8-10-31(11-9-25)22-7-6-20(14-30)23(13-22)26(27,28)29/h2-7,13,21,33H,8-12,15-17H2,1H3. The molecule has 1 spiro atoms. The first kappa shape index (κ1) is 24.1. The Morgan fingerprint density at radius 3 is 2.53 bits per heavy atom. The number of aliphatic hydroxyl groups excluding tert-OH is 1. The monoisotopic (exact) mass is 471 g/mol. The molecule has 180 valence electrons. The van der Waals surface area contributed by atoms with Crippen LogP contribution in [0.5, 0.6) is 0 Å². The van der Waals surface area contributed by atoms with Crippen LogP contribution in [-0.4, -0.2) is 48.7 Å². The number of amides is 1. The van der Waals surface area contributed by atoms with Gasteiger partial charge in [0.15, 0.2) is 0 Å². The number of piperidine rings is 1. The molecule has 34 heavy (non-hydrogen) atoms. The molecule has 8 heteroatoms. The van der Waals surface area contributed by atoms with Crippen LogP contribution >= 0.6 is 0 Å². The van der Waals surface area contributed by atoms with Crippen molar-refractivity contribution in [3.05, 3.63) is 64.7 Å². The molecule has 0 radical (unpaired) electrons. The summed E-state index contributed by atoms with van der Waals surface area (Å²) in [5.74, 6) is -0.0175. The first-order chi connectivity index (χ1) is 16.2. The van der Waals surface area contributed by atoms with Gasteiger partial charge in [0, 0.05) is 44.4 Å². The topological polar surface area (TPSA) is 67.6 Å². The van der Waals surface area contributed by atoms with Gasteiger partial charge < -0.3 is 14.9 Å². The van der Waals surface area contributed by atoms with E-state index in [0.717, 1.165) is 17.2 Å². The summed E-state index contributed by atoms with van der Waals surface area (Å²) in [4.78, 5) is 16.8. The van der Waals surface area contributed by atoms with E-state index in [1.165, 1.54) is 6.07 Å². The highest BCUT2D eigenvalue weighted by atomic mass is 19.4. The summed E-state index contributed by atoms with van der Waals surface area (Å²) in [5, 5.41) is 19.1. The number of carbonyl (C=O) groups excluding carboxylic acids is 1. The van der Waals surface area contributed by atoms with Gasteiger partial charge in [0.05, 0.1) is 23.6 Å². The van der Waals surface area contributed by atoms with Crippen LogP contribution in [0.3, 0.4) is 0 Å². The highest BCUT2D eigenvalue weighted by Crippen LogP contribution is 2.46. The van der Waals surface area contributed by atoms with Crippen molar-refractivity contribution in [1.82, 2.24) is 4.90 Å². The summed E-state index contributed by atoms with van der Waals surface area (Å²) in [7, 11) is 0. The minimum Gasteiger partial charge on any atom is -0.396 e. The summed E-state index contributed by atoms with van der Waals surface area (Å²) in [6.45, 7) is 4.06. The number of likely N-dealkylation sites (tertiary alicyclic amines) is 1. The van der Waals surface area contributed by atoms with E-state index < -0.39 is 11.7 Å². The van der Waals surface area contributed by atoms with Gasteiger partial charge in [0.1, 0.15) is 0 Å². The molecule has 0 aromatic heterocycles. The van der Waals surface area contributed by atoms with Gasteiger partial charge in [-0.05, 0) is 54.5 Å². The third kappa shape index (κ3) is 4.62. The number of hydrogen-bond acceptors (Lipinski definition) is 4. The molecule has 0 aliphatic carbocycles. The number of anilines is 1. The summed E-state index contributed by atoms with van der Waals surface area (Å²) in [6.07, 6.45) is -2.93. The zero-order valence-corrected chi connectivity index (χ0v) is 19.1. The summed E-state index contributed by atoms with van der Waals surface area (Å²) in [6, 6.07) is 13.2. The Morgan fingerprint density at radius 2 is 1.91 bits per heavy atom. The number of benzene rings is 2. The Hall–Kier alpha value is -3.05. The lowest BCUT2D eigenvalue weighted by Crippen LogP contribution is -2.45. The van der Waals surface area contributed by atoms with E-state index >= 15 is 0 Å². The van der Waals surface area contributed by atoms with Gasteiger partial charge in [-0.3, -0.25) is 4.79 Å². The molecule has 5 nitrogen and oxygen atoms in total. The van der Waals surface area contributed by atoms with Crippen molar-refractivity contribution < 1.29 is 23.1 Å². The molecule has 1 atom stereocenters. The van der Waals surface area contributed by atoms with Gasteiger partial charge in [0.25, 0.3) is 0 Å². The molecule has 0 bridgehead atoms. The third-order valence-electron chi connectivity index (χ3n) is 7.54. The molecule has 4 rings (SSSR count). The quantitative estimate of drug-likeness (QED) is 0.727. The normalized spacial score (nSPS) is 19.9. The van der Waals surface area contributed by atoms with E-state index in [9.17, 15) is 23.1 Å². The average Bonchev–Trinajstić information content (AvgIpc) is 3.18. The van der Waals surface area contributed by atoms with Gasteiger partial charge in [-0.25, -0.2) is 0 Å². The molecule has 1 N–H and O–H groups in total. The van der Waals surface area contributed by atoms with Crippen LogP contribution in [0.4, 0.5) is 18.9 Å². The maximum absolute atomic E-state index is 13.4. The molecular formula is C26H28F3N3O2. The molecular weight excluding hydrogens is 443 g/mol. The number of alkyl halides is 3. The van der Waals surface area contributed by atoms with Crippen LogP contribution in [-0.2, 0) is 17.4 Å². The van der Waals surface area contributed by atoms with E-state index in [0.29, 0.717) is 51.1 Å². The van der Waals surface area contributed by atoms with Crippen LogP contribution in [0.2, 0.25) is 0 Å². The lowest BCUT2D eigenvalue weighted by atomic mass is 9.71. The van der Waals surface area contributed by atoms with Crippen LogP contribution in [0, 0.1) is 29.6 Å². The lowest BCUT2D eigenvalue weighted by Gasteiger charge is -2.43. The van der Waals surface area contributed by atoms with E-state index in [4.69, 9.17) is 5.26 Å². The molecule has 1 unspecified atom stereocenters. The smallest absolute Gasteiger partial charge is 0.396 e. The minimum absolute atomic E-state index is 0.0246. The maximum Gasteiger partial charge on any atom is 0.417 e. The highest BCUT2D eigenvalue weighted by molar-refractivity contribution is 5.79. The highest BCUT2D eigenvalue weighted by Gasteiger charge is 2.49. The Kier molecular flexibility index (Phi) is 6.59. The molecule has 2 aromatic carbocycles. The number of hydrogen-bond donors (Lipinski definition) is 1. The van der Waals surface area contributed by atoms with Crippen molar-refractivity contribution >= 4 is 11.6 Å². The van der Waals surface area contributed by atoms with E-state index in [1.54, 1.807) is 12.1 Å². The van der Waals surface area contributed by atoms with Crippen molar-refractivity contribution in [3.8, 4) is 6.07 Å². The van der Waals surface area contributed by atoms with E-state index in [1.807, 2.05) is 41.0 Å². The fourth-order valence-electron chi connectivity index (χ4n) is 5.40. The number of nitriles is 1. The van der Waals surface area contributed by atoms with Gasteiger partial charge >= 0.3 is 6.18 Å².